The van der Waals surface area contributed by atoms with Crippen LogP contribution in [0, 0.1) is 0 Å². The fourth-order valence-electron chi connectivity index (χ4n) is 8.81. The molecule has 11 aromatic rings. The van der Waals surface area contributed by atoms with Crippen molar-refractivity contribution in [3.63, 3.8) is 0 Å². The molecule has 0 fully saturated rings. The van der Waals surface area contributed by atoms with Crippen LogP contribution in [0.15, 0.2) is 241 Å². The van der Waals surface area contributed by atoms with Gasteiger partial charge in [-0.15, -0.1) is 0 Å². The summed E-state index contributed by atoms with van der Waals surface area (Å²) >= 11 is 0. The van der Waals surface area contributed by atoms with E-state index in [1.807, 2.05) is 6.07 Å². The highest BCUT2D eigenvalue weighted by Crippen LogP contribution is 2.48. The molecule has 60 heavy (non-hydrogen) atoms. The fraction of sp³-hybridized carbons (Fsp3) is 0. The van der Waals surface area contributed by atoms with Crippen LogP contribution in [0.2, 0.25) is 0 Å². The van der Waals surface area contributed by atoms with Crippen molar-refractivity contribution >= 4 is 49.8 Å². The molecular formula is C58H39NO. The molecule has 0 saturated carbocycles. The first-order valence-corrected chi connectivity index (χ1v) is 20.5. The lowest BCUT2D eigenvalue weighted by Crippen LogP contribution is -2.11. The van der Waals surface area contributed by atoms with Gasteiger partial charge in [0, 0.05) is 16.6 Å². The Morgan fingerprint density at radius 2 is 0.783 bits per heavy atom. The number of nitrogens with zero attached hydrogens (tertiary/aromatic N) is 1. The molecule has 0 atom stereocenters. The van der Waals surface area contributed by atoms with E-state index in [4.69, 9.17) is 4.42 Å². The van der Waals surface area contributed by atoms with Crippen LogP contribution in [-0.4, -0.2) is 0 Å². The molecule has 0 aliphatic carbocycles. The summed E-state index contributed by atoms with van der Waals surface area (Å²) in [6.45, 7) is 0. The van der Waals surface area contributed by atoms with Crippen molar-refractivity contribution in [1.82, 2.24) is 0 Å². The molecular weight excluding hydrogens is 727 g/mol. The van der Waals surface area contributed by atoms with Gasteiger partial charge in [-0.2, -0.15) is 0 Å². The largest absolute Gasteiger partial charge is 0.456 e. The van der Waals surface area contributed by atoms with Gasteiger partial charge in [0.15, 0.2) is 0 Å². The lowest BCUT2D eigenvalue weighted by molar-refractivity contribution is 0.669. The smallest absolute Gasteiger partial charge is 0.137 e. The number of rotatable bonds is 8. The monoisotopic (exact) mass is 765 g/mol. The van der Waals surface area contributed by atoms with Crippen LogP contribution >= 0.6 is 0 Å². The van der Waals surface area contributed by atoms with Crippen molar-refractivity contribution in [2.45, 2.75) is 0 Å². The van der Waals surface area contributed by atoms with E-state index in [0.29, 0.717) is 0 Å². The number of benzene rings is 10. The molecule has 0 spiro atoms. The van der Waals surface area contributed by atoms with E-state index in [9.17, 15) is 0 Å². The molecule has 0 radical (unpaired) electrons. The molecule has 282 valence electrons. The lowest BCUT2D eigenvalue weighted by atomic mass is 9.88. The van der Waals surface area contributed by atoms with Gasteiger partial charge >= 0.3 is 0 Å². The molecule has 0 saturated heterocycles. The van der Waals surface area contributed by atoms with Crippen molar-refractivity contribution in [3.8, 4) is 55.6 Å². The van der Waals surface area contributed by atoms with E-state index in [1.54, 1.807) is 0 Å². The first kappa shape index (κ1) is 35.2. The fourth-order valence-corrected chi connectivity index (χ4v) is 8.81. The van der Waals surface area contributed by atoms with Crippen LogP contribution in [0.1, 0.15) is 0 Å². The van der Waals surface area contributed by atoms with Crippen LogP contribution in [0.25, 0.3) is 88.3 Å². The second kappa shape index (κ2) is 15.1. The van der Waals surface area contributed by atoms with Gasteiger partial charge in [-0.25, -0.2) is 0 Å². The molecule has 0 unspecified atom stereocenters. The lowest BCUT2D eigenvalue weighted by Gasteiger charge is -2.29. The Balaban J connectivity index is 1.08. The van der Waals surface area contributed by atoms with Crippen molar-refractivity contribution in [2.75, 3.05) is 4.90 Å². The zero-order valence-electron chi connectivity index (χ0n) is 32.9. The van der Waals surface area contributed by atoms with Crippen LogP contribution in [0.5, 0.6) is 0 Å². The van der Waals surface area contributed by atoms with Crippen LogP contribution < -0.4 is 4.90 Å². The molecule has 2 nitrogen and oxygen atoms in total. The predicted molar refractivity (Wildman–Crippen MR) is 253 cm³/mol. The molecule has 0 aliphatic rings. The Morgan fingerprint density at radius 3 is 1.57 bits per heavy atom. The molecule has 11 rings (SSSR count). The summed E-state index contributed by atoms with van der Waals surface area (Å²) in [5.41, 5.74) is 16.7. The summed E-state index contributed by atoms with van der Waals surface area (Å²) in [5.74, 6) is 0. The zero-order valence-corrected chi connectivity index (χ0v) is 32.9. The number of para-hydroxylation sites is 2. The first-order valence-electron chi connectivity index (χ1n) is 20.5. The van der Waals surface area contributed by atoms with Gasteiger partial charge in [-0.1, -0.05) is 194 Å². The van der Waals surface area contributed by atoms with Gasteiger partial charge in [-0.3, -0.25) is 0 Å². The average Bonchev–Trinajstić information content (AvgIpc) is 3.72. The Labute approximate surface area is 349 Å². The number of furan rings is 1. The third-order valence-corrected chi connectivity index (χ3v) is 11.7. The van der Waals surface area contributed by atoms with Gasteiger partial charge in [0.25, 0.3) is 0 Å². The van der Waals surface area contributed by atoms with Gasteiger partial charge in [-0.05, 0) is 103 Å². The summed E-state index contributed by atoms with van der Waals surface area (Å²) in [6, 6.07) is 84.9. The minimum atomic E-state index is 0.858. The molecule has 1 aromatic heterocycles. The van der Waals surface area contributed by atoms with Gasteiger partial charge < -0.3 is 9.32 Å². The van der Waals surface area contributed by atoms with E-state index < -0.39 is 0 Å². The summed E-state index contributed by atoms with van der Waals surface area (Å²) < 4.78 is 6.48. The Morgan fingerprint density at radius 1 is 0.283 bits per heavy atom. The van der Waals surface area contributed by atoms with Crippen molar-refractivity contribution in [1.29, 1.82) is 0 Å². The van der Waals surface area contributed by atoms with Crippen molar-refractivity contribution in [3.05, 3.63) is 237 Å². The van der Waals surface area contributed by atoms with Crippen LogP contribution in [0.4, 0.5) is 17.1 Å². The van der Waals surface area contributed by atoms with E-state index in [0.717, 1.165) is 50.1 Å². The summed E-state index contributed by atoms with van der Waals surface area (Å²) in [5, 5.41) is 4.65. The summed E-state index contributed by atoms with van der Waals surface area (Å²) in [7, 11) is 0. The Hall–Kier alpha value is -7.94. The Kier molecular flexibility index (Phi) is 8.87. The average molecular weight is 766 g/mol. The van der Waals surface area contributed by atoms with E-state index in [2.05, 4.69) is 235 Å². The van der Waals surface area contributed by atoms with Gasteiger partial charge in [0.1, 0.15) is 11.2 Å². The number of hydrogen-bond donors (Lipinski definition) is 0. The zero-order chi connectivity index (χ0) is 39.8. The summed E-state index contributed by atoms with van der Waals surface area (Å²) in [4.78, 5) is 2.41. The molecule has 10 aromatic carbocycles. The molecule has 0 N–H and O–H groups in total. The SMILES string of the molecule is c1ccc(-c2ccc(-c3ccccc3-c3ccccc3-c3ccccc3N(c3ccc(-c4ccc5ccccc5c4)cc3)c3cccc4oc5ccccc5c34)cc2)cc1. The van der Waals surface area contributed by atoms with Crippen molar-refractivity contribution in [2.24, 2.45) is 0 Å². The molecule has 1 heterocycles. The second-order valence-corrected chi connectivity index (χ2v) is 15.2. The maximum absolute atomic E-state index is 6.48. The third-order valence-electron chi connectivity index (χ3n) is 11.7. The third kappa shape index (κ3) is 6.32. The van der Waals surface area contributed by atoms with Crippen LogP contribution in [0.3, 0.4) is 0 Å². The standard InChI is InChI=1S/C58H39NO/c1-2-15-40(16-3-1)42-29-32-44(33-30-42)48-19-6-7-20-49(48)50-21-8-9-22-51(50)52-23-10-12-25-54(52)59(55-26-14-28-57-58(55)53-24-11-13-27-56(53)60-57)47-37-35-43(36-38-47)46-34-31-41-17-4-5-18-45(41)39-46/h1-39H. The number of fused-ring (bicyclic) bond motifs is 4. The van der Waals surface area contributed by atoms with Gasteiger partial charge in [0.2, 0.25) is 0 Å². The molecule has 0 amide bonds. The van der Waals surface area contributed by atoms with E-state index in [-0.39, 0.29) is 0 Å². The highest BCUT2D eigenvalue weighted by molar-refractivity contribution is 6.14. The quantitative estimate of drug-likeness (QED) is 0.153. The maximum Gasteiger partial charge on any atom is 0.137 e. The minimum Gasteiger partial charge on any atom is -0.456 e. The van der Waals surface area contributed by atoms with Crippen LogP contribution in [-0.2, 0) is 0 Å². The minimum absolute atomic E-state index is 0.858. The Bertz CT molecular complexity index is 3310. The molecule has 0 bridgehead atoms. The van der Waals surface area contributed by atoms with Gasteiger partial charge in [0.05, 0.1) is 16.8 Å². The second-order valence-electron chi connectivity index (χ2n) is 15.2. The highest BCUT2D eigenvalue weighted by atomic mass is 16.3. The normalized spacial score (nSPS) is 11.3. The van der Waals surface area contributed by atoms with E-state index >= 15 is 0 Å². The van der Waals surface area contributed by atoms with Crippen molar-refractivity contribution < 1.29 is 4.42 Å². The summed E-state index contributed by atoms with van der Waals surface area (Å²) in [6.07, 6.45) is 0. The molecule has 2 heteroatoms. The van der Waals surface area contributed by atoms with E-state index in [1.165, 1.54) is 55.3 Å². The maximum atomic E-state index is 6.48. The number of anilines is 3. The topological polar surface area (TPSA) is 16.4 Å². The molecule has 0 aliphatic heterocycles. The highest BCUT2D eigenvalue weighted by Gasteiger charge is 2.23. The first-order chi connectivity index (χ1) is 29.8. The predicted octanol–water partition coefficient (Wildman–Crippen LogP) is 16.5. The number of hydrogen-bond acceptors (Lipinski definition) is 2.